The lowest BCUT2D eigenvalue weighted by atomic mass is 10.3. The minimum absolute atomic E-state index is 0.538. The van der Waals surface area contributed by atoms with Crippen molar-refractivity contribution in [2.24, 2.45) is 0 Å². The summed E-state index contributed by atoms with van der Waals surface area (Å²) in [5, 5.41) is 0. The second-order valence-corrected chi connectivity index (χ2v) is 3.50. The van der Waals surface area contributed by atoms with Gasteiger partial charge in [0.25, 0.3) is 0 Å². The van der Waals surface area contributed by atoms with Crippen LogP contribution in [0.2, 0.25) is 0 Å². The summed E-state index contributed by atoms with van der Waals surface area (Å²) in [6.07, 6.45) is 0. The smallest absolute Gasteiger partial charge is 0.135 e. The summed E-state index contributed by atoms with van der Waals surface area (Å²) < 4.78 is 11.4. The van der Waals surface area contributed by atoms with Crippen molar-refractivity contribution < 1.29 is 9.47 Å². The molecule has 0 aliphatic carbocycles. The van der Waals surface area contributed by atoms with Crippen molar-refractivity contribution in [2.45, 2.75) is 6.92 Å². The molecule has 78 valence electrons. The van der Waals surface area contributed by atoms with Crippen molar-refractivity contribution >= 4 is 21.6 Å². The van der Waals surface area contributed by atoms with E-state index in [1.54, 1.807) is 0 Å². The van der Waals surface area contributed by atoms with Gasteiger partial charge in [-0.25, -0.2) is 0 Å². The third-order valence-electron chi connectivity index (χ3n) is 1.68. The highest BCUT2D eigenvalue weighted by Gasteiger charge is 2.02. The van der Waals surface area contributed by atoms with E-state index in [9.17, 15) is 0 Å². The van der Waals surface area contributed by atoms with E-state index in [1.807, 2.05) is 25.1 Å². The molecule has 0 aliphatic rings. The van der Waals surface area contributed by atoms with Crippen molar-refractivity contribution in [3.63, 3.8) is 0 Å². The topological polar surface area (TPSA) is 44.5 Å². The molecule has 0 amide bonds. The fourth-order valence-electron chi connectivity index (χ4n) is 0.994. The fourth-order valence-corrected chi connectivity index (χ4v) is 1.37. The molecule has 0 heterocycles. The Morgan fingerprint density at radius 1 is 1.36 bits per heavy atom. The second-order valence-electron chi connectivity index (χ2n) is 2.70. The van der Waals surface area contributed by atoms with E-state index < -0.39 is 0 Å². The predicted molar refractivity (Wildman–Crippen MR) is 60.5 cm³/mol. The molecule has 14 heavy (non-hydrogen) atoms. The van der Waals surface area contributed by atoms with Gasteiger partial charge < -0.3 is 15.2 Å². The molecule has 0 fully saturated rings. The predicted octanol–water partition coefficient (Wildman–Crippen LogP) is 2.45. The monoisotopic (exact) mass is 259 g/mol. The average Bonchev–Trinajstić information content (AvgIpc) is 2.19. The Balaban J connectivity index is 2.46. The van der Waals surface area contributed by atoms with Crippen LogP contribution in [0.1, 0.15) is 6.92 Å². The molecule has 1 aromatic rings. The van der Waals surface area contributed by atoms with Crippen molar-refractivity contribution in [3.05, 3.63) is 22.7 Å². The van der Waals surface area contributed by atoms with Crippen LogP contribution < -0.4 is 10.5 Å². The van der Waals surface area contributed by atoms with Gasteiger partial charge in [0.1, 0.15) is 12.4 Å². The Morgan fingerprint density at radius 3 is 2.86 bits per heavy atom. The van der Waals surface area contributed by atoms with E-state index in [0.29, 0.717) is 25.5 Å². The molecule has 3 nitrogen and oxygen atoms in total. The number of ether oxygens (including phenoxy) is 2. The molecule has 0 unspecified atom stereocenters. The van der Waals surface area contributed by atoms with Gasteiger partial charge >= 0.3 is 0 Å². The average molecular weight is 260 g/mol. The third-order valence-corrected chi connectivity index (χ3v) is 2.53. The van der Waals surface area contributed by atoms with Crippen LogP contribution in [0.5, 0.6) is 5.75 Å². The van der Waals surface area contributed by atoms with Gasteiger partial charge in [-0.2, -0.15) is 0 Å². The largest absolute Gasteiger partial charge is 0.490 e. The molecule has 0 atom stereocenters. The Kier molecular flexibility index (Phi) is 4.76. The number of rotatable bonds is 5. The van der Waals surface area contributed by atoms with Gasteiger partial charge in [0.15, 0.2) is 0 Å². The summed E-state index contributed by atoms with van der Waals surface area (Å²) in [4.78, 5) is 0. The second kappa shape index (κ2) is 5.88. The highest BCUT2D eigenvalue weighted by molar-refractivity contribution is 9.10. The van der Waals surface area contributed by atoms with Gasteiger partial charge in [0.2, 0.25) is 0 Å². The first-order valence-electron chi connectivity index (χ1n) is 4.50. The highest BCUT2D eigenvalue weighted by Crippen LogP contribution is 2.29. The molecule has 0 saturated heterocycles. The van der Waals surface area contributed by atoms with E-state index in [1.165, 1.54) is 0 Å². The molecule has 0 radical (unpaired) electrons. The van der Waals surface area contributed by atoms with E-state index in [2.05, 4.69) is 15.9 Å². The van der Waals surface area contributed by atoms with Crippen LogP contribution >= 0.6 is 15.9 Å². The first kappa shape index (κ1) is 11.3. The molecule has 2 N–H and O–H groups in total. The highest BCUT2D eigenvalue weighted by atomic mass is 79.9. The molecule has 0 aromatic heterocycles. The van der Waals surface area contributed by atoms with Gasteiger partial charge in [-0.3, -0.25) is 0 Å². The minimum atomic E-state index is 0.538. The van der Waals surface area contributed by atoms with Crippen molar-refractivity contribution in [3.8, 4) is 5.75 Å². The molecule has 0 saturated carbocycles. The lowest BCUT2D eigenvalue weighted by Gasteiger charge is -2.09. The summed E-state index contributed by atoms with van der Waals surface area (Å²) >= 11 is 3.36. The Hall–Kier alpha value is -0.740. The number of halogens is 1. The van der Waals surface area contributed by atoms with Crippen molar-refractivity contribution in [2.75, 3.05) is 25.6 Å². The Bertz CT molecular complexity index is 291. The van der Waals surface area contributed by atoms with Crippen LogP contribution in [0.4, 0.5) is 5.69 Å². The normalized spacial score (nSPS) is 10.1. The van der Waals surface area contributed by atoms with E-state index in [0.717, 1.165) is 10.2 Å². The minimum Gasteiger partial charge on any atom is -0.490 e. The molecule has 4 heteroatoms. The van der Waals surface area contributed by atoms with Crippen LogP contribution in [0.3, 0.4) is 0 Å². The summed E-state index contributed by atoms with van der Waals surface area (Å²) in [5.41, 5.74) is 6.37. The van der Waals surface area contributed by atoms with Gasteiger partial charge in [-0.1, -0.05) is 6.07 Å². The molecule has 0 aliphatic heterocycles. The van der Waals surface area contributed by atoms with Crippen LogP contribution in [-0.4, -0.2) is 19.8 Å². The molecule has 0 spiro atoms. The molecular weight excluding hydrogens is 246 g/mol. The maximum Gasteiger partial charge on any atom is 0.135 e. The zero-order valence-electron chi connectivity index (χ0n) is 8.13. The zero-order valence-corrected chi connectivity index (χ0v) is 9.71. The van der Waals surface area contributed by atoms with Crippen LogP contribution in [0.25, 0.3) is 0 Å². The van der Waals surface area contributed by atoms with Crippen molar-refractivity contribution in [1.82, 2.24) is 0 Å². The number of hydrogen-bond acceptors (Lipinski definition) is 3. The molecule has 1 rings (SSSR count). The summed E-state index contributed by atoms with van der Waals surface area (Å²) in [7, 11) is 0. The SMILES string of the molecule is CCOCCOc1cccc(N)c1Br. The maximum absolute atomic E-state index is 5.69. The first-order valence-corrected chi connectivity index (χ1v) is 5.29. The van der Waals surface area contributed by atoms with E-state index >= 15 is 0 Å². The lowest BCUT2D eigenvalue weighted by molar-refractivity contribution is 0.110. The Labute approximate surface area is 92.3 Å². The molecular formula is C10H14BrNO2. The van der Waals surface area contributed by atoms with Crippen molar-refractivity contribution in [1.29, 1.82) is 0 Å². The Morgan fingerprint density at radius 2 is 2.14 bits per heavy atom. The van der Waals surface area contributed by atoms with Gasteiger partial charge in [-0.05, 0) is 35.0 Å². The van der Waals surface area contributed by atoms with Crippen LogP contribution in [0, 0.1) is 0 Å². The van der Waals surface area contributed by atoms with Crippen LogP contribution in [0.15, 0.2) is 22.7 Å². The quantitative estimate of drug-likeness (QED) is 0.653. The zero-order chi connectivity index (χ0) is 10.4. The summed E-state index contributed by atoms with van der Waals surface area (Å²) in [6.45, 7) is 3.80. The van der Waals surface area contributed by atoms with E-state index in [4.69, 9.17) is 15.2 Å². The molecule has 0 bridgehead atoms. The number of nitrogen functional groups attached to an aromatic ring is 1. The molecule has 1 aromatic carbocycles. The van der Waals surface area contributed by atoms with Gasteiger partial charge in [0.05, 0.1) is 11.1 Å². The third kappa shape index (κ3) is 3.20. The fraction of sp³-hybridized carbons (Fsp3) is 0.400. The maximum atomic E-state index is 5.69. The number of benzene rings is 1. The van der Waals surface area contributed by atoms with Gasteiger partial charge in [-0.15, -0.1) is 0 Å². The number of hydrogen-bond donors (Lipinski definition) is 1. The lowest BCUT2D eigenvalue weighted by Crippen LogP contribution is -2.06. The number of nitrogens with two attached hydrogens (primary N) is 1. The summed E-state index contributed by atoms with van der Waals surface area (Å²) in [5.74, 6) is 0.754. The van der Waals surface area contributed by atoms with Gasteiger partial charge in [0, 0.05) is 12.3 Å². The number of anilines is 1. The summed E-state index contributed by atoms with van der Waals surface area (Å²) in [6, 6.07) is 5.54. The standard InChI is InChI=1S/C10H14BrNO2/c1-2-13-6-7-14-9-5-3-4-8(12)10(9)11/h3-5H,2,6-7,12H2,1H3. The van der Waals surface area contributed by atoms with E-state index in [-0.39, 0.29) is 0 Å². The van der Waals surface area contributed by atoms with Crippen LogP contribution in [-0.2, 0) is 4.74 Å². The first-order chi connectivity index (χ1) is 6.75.